The number of rotatable bonds is 2. The molecule has 3 heteroatoms. The van der Waals surface area contributed by atoms with E-state index in [1.54, 1.807) is 0 Å². The number of fused-ring (bicyclic) bond motifs is 1. The van der Waals surface area contributed by atoms with Crippen molar-refractivity contribution in [2.24, 2.45) is 5.92 Å². The highest BCUT2D eigenvalue weighted by molar-refractivity contribution is 9.10. The van der Waals surface area contributed by atoms with Crippen molar-refractivity contribution in [1.82, 2.24) is 0 Å². The van der Waals surface area contributed by atoms with Crippen LogP contribution in [0.3, 0.4) is 0 Å². The van der Waals surface area contributed by atoms with Gasteiger partial charge in [-0.2, -0.15) is 0 Å². The zero-order valence-corrected chi connectivity index (χ0v) is 15.7. The molecule has 1 N–H and O–H groups in total. The first kappa shape index (κ1) is 15.8. The second kappa shape index (κ2) is 6.10. The first-order chi connectivity index (χ1) is 12.7. The van der Waals surface area contributed by atoms with Gasteiger partial charge in [0, 0.05) is 22.0 Å². The Morgan fingerprint density at radius 2 is 1.35 bits per heavy atom. The first-order valence-electron chi connectivity index (χ1n) is 8.96. The van der Waals surface area contributed by atoms with Gasteiger partial charge in [-0.25, -0.2) is 0 Å². The van der Waals surface area contributed by atoms with E-state index in [1.165, 1.54) is 22.3 Å². The van der Waals surface area contributed by atoms with E-state index in [9.17, 15) is 4.79 Å². The smallest absolute Gasteiger partial charge is 0.228 e. The van der Waals surface area contributed by atoms with Gasteiger partial charge < -0.3 is 5.32 Å². The molecule has 26 heavy (non-hydrogen) atoms. The van der Waals surface area contributed by atoms with Gasteiger partial charge in [0.1, 0.15) is 0 Å². The summed E-state index contributed by atoms with van der Waals surface area (Å²) in [5, 5.41) is 3.13. The van der Waals surface area contributed by atoms with Crippen molar-refractivity contribution < 1.29 is 4.79 Å². The summed E-state index contributed by atoms with van der Waals surface area (Å²) in [5.74, 6) is 0.538. The highest BCUT2D eigenvalue weighted by Gasteiger charge is 2.45. The molecule has 0 heterocycles. The SMILES string of the molecule is O=C(Nc1ccc(Br)cc1)C1CC2c3ccccc3C1c1ccccc12. The van der Waals surface area contributed by atoms with Crippen LogP contribution in [0.2, 0.25) is 0 Å². The first-order valence-corrected chi connectivity index (χ1v) is 9.76. The van der Waals surface area contributed by atoms with Crippen LogP contribution in [0.15, 0.2) is 77.3 Å². The van der Waals surface area contributed by atoms with E-state index in [2.05, 4.69) is 69.8 Å². The van der Waals surface area contributed by atoms with Gasteiger partial charge in [0.25, 0.3) is 0 Å². The summed E-state index contributed by atoms with van der Waals surface area (Å²) < 4.78 is 1.01. The molecular formula is C23H18BrNO. The number of benzene rings is 3. The molecule has 0 spiro atoms. The Hall–Kier alpha value is -2.39. The molecule has 2 nitrogen and oxygen atoms in total. The van der Waals surface area contributed by atoms with Crippen molar-refractivity contribution in [2.75, 3.05) is 5.32 Å². The van der Waals surface area contributed by atoms with Crippen LogP contribution in [-0.4, -0.2) is 5.91 Å². The van der Waals surface area contributed by atoms with Crippen molar-refractivity contribution in [3.05, 3.63) is 99.5 Å². The van der Waals surface area contributed by atoms with Gasteiger partial charge in [0.2, 0.25) is 5.91 Å². The molecule has 3 aliphatic rings. The van der Waals surface area contributed by atoms with Crippen LogP contribution in [0.25, 0.3) is 0 Å². The van der Waals surface area contributed by atoms with E-state index in [-0.39, 0.29) is 17.7 Å². The van der Waals surface area contributed by atoms with Crippen LogP contribution < -0.4 is 5.32 Å². The number of anilines is 1. The van der Waals surface area contributed by atoms with E-state index in [0.29, 0.717) is 5.92 Å². The van der Waals surface area contributed by atoms with Crippen LogP contribution in [0.5, 0.6) is 0 Å². The third kappa shape index (κ3) is 2.42. The van der Waals surface area contributed by atoms with Gasteiger partial charge in [-0.05, 0) is 52.9 Å². The normalized spacial score (nSPS) is 22.4. The van der Waals surface area contributed by atoms with E-state index in [4.69, 9.17) is 0 Å². The van der Waals surface area contributed by atoms with Crippen molar-refractivity contribution in [3.63, 3.8) is 0 Å². The summed E-state index contributed by atoms with van der Waals surface area (Å²) in [6, 6.07) is 25.0. The Bertz CT molecular complexity index is 948. The summed E-state index contributed by atoms with van der Waals surface area (Å²) >= 11 is 3.44. The minimum Gasteiger partial charge on any atom is -0.326 e. The Kier molecular flexibility index (Phi) is 3.71. The highest BCUT2D eigenvalue weighted by atomic mass is 79.9. The molecular weight excluding hydrogens is 386 g/mol. The van der Waals surface area contributed by atoms with Crippen molar-refractivity contribution in [1.29, 1.82) is 0 Å². The van der Waals surface area contributed by atoms with Crippen molar-refractivity contribution in [2.45, 2.75) is 18.3 Å². The zero-order chi connectivity index (χ0) is 17.7. The molecule has 3 aromatic carbocycles. The number of amides is 1. The average molecular weight is 404 g/mol. The third-order valence-electron chi connectivity index (χ3n) is 5.75. The number of nitrogens with one attached hydrogen (secondary N) is 1. The highest BCUT2D eigenvalue weighted by Crippen LogP contribution is 2.55. The van der Waals surface area contributed by atoms with E-state index in [0.717, 1.165) is 16.6 Å². The van der Waals surface area contributed by atoms with Gasteiger partial charge in [-0.1, -0.05) is 64.5 Å². The summed E-state index contributed by atoms with van der Waals surface area (Å²) in [6.45, 7) is 0. The topological polar surface area (TPSA) is 29.1 Å². The van der Waals surface area contributed by atoms with Gasteiger partial charge in [0.15, 0.2) is 0 Å². The van der Waals surface area contributed by atoms with Gasteiger partial charge in [-0.3, -0.25) is 4.79 Å². The molecule has 0 aliphatic heterocycles. The molecule has 2 bridgehead atoms. The van der Waals surface area contributed by atoms with E-state index >= 15 is 0 Å². The monoisotopic (exact) mass is 403 g/mol. The largest absolute Gasteiger partial charge is 0.326 e. The number of hydrogen-bond acceptors (Lipinski definition) is 1. The van der Waals surface area contributed by atoms with Crippen LogP contribution in [0.1, 0.15) is 40.5 Å². The second-order valence-electron chi connectivity index (χ2n) is 7.13. The maximum atomic E-state index is 13.1. The van der Waals surface area contributed by atoms with Crippen molar-refractivity contribution >= 4 is 27.5 Å². The molecule has 0 saturated heterocycles. The predicted molar refractivity (Wildman–Crippen MR) is 107 cm³/mol. The molecule has 1 unspecified atom stereocenters. The zero-order valence-electron chi connectivity index (χ0n) is 14.2. The predicted octanol–water partition coefficient (Wildman–Crippen LogP) is 5.68. The molecule has 128 valence electrons. The minimum atomic E-state index is -0.0338. The van der Waals surface area contributed by atoms with Crippen LogP contribution in [0.4, 0.5) is 5.69 Å². The Morgan fingerprint density at radius 1 is 0.808 bits per heavy atom. The maximum Gasteiger partial charge on any atom is 0.228 e. The minimum absolute atomic E-state index is 0.0338. The maximum absolute atomic E-state index is 13.1. The lowest BCUT2D eigenvalue weighted by atomic mass is 9.59. The van der Waals surface area contributed by atoms with Crippen LogP contribution in [-0.2, 0) is 4.79 Å². The molecule has 1 amide bonds. The molecule has 6 rings (SSSR count). The molecule has 3 aliphatic carbocycles. The third-order valence-corrected chi connectivity index (χ3v) is 6.28. The Balaban J connectivity index is 1.54. The lowest BCUT2D eigenvalue weighted by molar-refractivity contribution is -0.121. The van der Waals surface area contributed by atoms with Gasteiger partial charge in [0.05, 0.1) is 5.92 Å². The standard InChI is InChI=1S/C23H18BrNO/c24-14-9-11-15(12-10-14)25-23(26)21-13-20-16-5-1-3-7-18(16)22(21)19-8-4-2-6-17(19)20/h1-12,20-22H,13H2,(H,25,26). The number of halogens is 1. The van der Waals surface area contributed by atoms with Crippen molar-refractivity contribution in [3.8, 4) is 0 Å². The van der Waals surface area contributed by atoms with E-state index in [1.807, 2.05) is 24.3 Å². The number of carbonyl (C=O) groups excluding carboxylic acids is 1. The molecule has 0 saturated carbocycles. The lowest BCUT2D eigenvalue weighted by Gasteiger charge is -2.44. The Labute approximate surface area is 161 Å². The lowest BCUT2D eigenvalue weighted by Crippen LogP contribution is -2.38. The molecule has 3 aromatic rings. The molecule has 0 aromatic heterocycles. The number of hydrogen-bond donors (Lipinski definition) is 1. The summed E-state index contributed by atoms with van der Waals surface area (Å²) in [4.78, 5) is 13.1. The van der Waals surface area contributed by atoms with Gasteiger partial charge in [-0.15, -0.1) is 0 Å². The summed E-state index contributed by atoms with van der Waals surface area (Å²) in [5.41, 5.74) is 6.27. The molecule has 0 fully saturated rings. The second-order valence-corrected chi connectivity index (χ2v) is 8.04. The van der Waals surface area contributed by atoms with Gasteiger partial charge >= 0.3 is 0 Å². The fourth-order valence-corrected chi connectivity index (χ4v) is 4.93. The summed E-state index contributed by atoms with van der Waals surface area (Å²) in [7, 11) is 0. The average Bonchev–Trinajstić information content (AvgIpc) is 2.69. The quantitative estimate of drug-likeness (QED) is 0.585. The molecule has 1 atom stereocenters. The fraction of sp³-hybridized carbons (Fsp3) is 0.174. The van der Waals surface area contributed by atoms with Crippen LogP contribution in [0, 0.1) is 5.92 Å². The van der Waals surface area contributed by atoms with E-state index < -0.39 is 0 Å². The van der Waals surface area contributed by atoms with Crippen LogP contribution >= 0.6 is 15.9 Å². The number of carbonyl (C=O) groups is 1. The Morgan fingerprint density at radius 3 is 1.92 bits per heavy atom. The fourth-order valence-electron chi connectivity index (χ4n) is 4.66. The summed E-state index contributed by atoms with van der Waals surface area (Å²) in [6.07, 6.45) is 0.876. The molecule has 0 radical (unpaired) electrons.